The summed E-state index contributed by atoms with van der Waals surface area (Å²) >= 11 is 1.67. The van der Waals surface area contributed by atoms with Crippen molar-refractivity contribution >= 4 is 19.5 Å². The van der Waals surface area contributed by atoms with Crippen LogP contribution in [0, 0.1) is 6.92 Å². The molecule has 0 heterocycles. The molecule has 1 aromatic rings. The lowest BCUT2D eigenvalue weighted by molar-refractivity contribution is 0.174. The van der Waals surface area contributed by atoms with Gasteiger partial charge in [0, 0.05) is 11.4 Å². The summed E-state index contributed by atoms with van der Waals surface area (Å²) in [5, 5.41) is 0. The van der Waals surface area contributed by atoms with Crippen LogP contribution >= 0.6 is 19.5 Å². The van der Waals surface area contributed by atoms with E-state index in [0.717, 1.165) is 11.1 Å². The minimum absolute atomic E-state index is 0.292. The first kappa shape index (κ1) is 16.7. The van der Waals surface area contributed by atoms with E-state index in [1.165, 1.54) is 9.57 Å². The minimum atomic E-state index is -4.27. The Morgan fingerprint density at radius 3 is 2.32 bits per heavy atom. The molecule has 0 unspecified atom stereocenters. The highest BCUT2D eigenvalue weighted by Gasteiger charge is 2.38. The summed E-state index contributed by atoms with van der Waals surface area (Å²) in [5.74, 6) is 0. The Morgan fingerprint density at radius 2 is 1.95 bits per heavy atom. The van der Waals surface area contributed by atoms with Crippen LogP contribution in [0.3, 0.4) is 0 Å². The molecule has 6 heteroatoms. The number of rotatable bonds is 5. The summed E-state index contributed by atoms with van der Waals surface area (Å²) in [4.78, 5) is 20.1. The molecule has 0 radical (unpaired) electrons. The summed E-state index contributed by atoms with van der Waals surface area (Å²) in [6, 6.07) is 5.95. The second-order valence-electron chi connectivity index (χ2n) is 4.97. The summed E-state index contributed by atoms with van der Waals surface area (Å²) in [6.07, 6.45) is 2.02. The number of thioether (sulfide) groups is 1. The van der Waals surface area contributed by atoms with Crippen molar-refractivity contribution in [2.24, 2.45) is 0 Å². The quantitative estimate of drug-likeness (QED) is 0.645. The first-order chi connectivity index (χ1) is 8.64. The molecule has 0 fully saturated rings. The van der Waals surface area contributed by atoms with Gasteiger partial charge in [-0.05, 0) is 44.2 Å². The Kier molecular flexibility index (Phi) is 5.27. The summed E-state index contributed by atoms with van der Waals surface area (Å²) < 4.78 is 12.8. The van der Waals surface area contributed by atoms with E-state index < -0.39 is 13.3 Å². The topological polar surface area (TPSA) is 60.8 Å². The number of benzene rings is 1. The van der Waals surface area contributed by atoms with Crippen molar-refractivity contribution in [3.05, 3.63) is 29.3 Å². The monoisotopic (exact) mass is 303 g/mol. The molecule has 0 spiro atoms. The maximum Gasteiger partial charge on any atom is 0.403 e. The predicted octanol–water partition coefficient (Wildman–Crippen LogP) is 3.37. The van der Waals surface area contributed by atoms with Crippen LogP contribution < -0.4 is 0 Å². The van der Waals surface area contributed by atoms with Gasteiger partial charge in [-0.2, -0.15) is 4.67 Å². The lowest BCUT2D eigenvalue weighted by atomic mass is 9.93. The molecule has 1 rings (SSSR count). The average Bonchev–Trinajstić information content (AvgIpc) is 2.27. The maximum absolute atomic E-state index is 11.6. The Morgan fingerprint density at radius 1 is 1.37 bits per heavy atom. The van der Waals surface area contributed by atoms with Crippen molar-refractivity contribution in [3.8, 4) is 0 Å². The lowest BCUT2D eigenvalue weighted by Crippen LogP contribution is -2.39. The summed E-state index contributed by atoms with van der Waals surface area (Å²) in [5.41, 5.74) is 1.32. The number of nitrogens with zero attached hydrogens (tertiary/aromatic N) is 1. The van der Waals surface area contributed by atoms with Crippen LogP contribution in [0.2, 0.25) is 0 Å². The van der Waals surface area contributed by atoms with Gasteiger partial charge in [-0.1, -0.05) is 19.1 Å². The predicted molar refractivity (Wildman–Crippen MR) is 80.4 cm³/mol. The highest BCUT2D eigenvalue weighted by Crippen LogP contribution is 2.48. The van der Waals surface area contributed by atoms with Crippen molar-refractivity contribution in [2.45, 2.75) is 38.1 Å². The van der Waals surface area contributed by atoms with Crippen LogP contribution in [0.1, 0.15) is 31.9 Å². The molecule has 0 aromatic heterocycles. The van der Waals surface area contributed by atoms with Crippen molar-refractivity contribution in [1.82, 2.24) is 4.67 Å². The van der Waals surface area contributed by atoms with E-state index in [4.69, 9.17) is 0 Å². The number of aryl methyl sites for hydroxylation is 1. The van der Waals surface area contributed by atoms with Crippen molar-refractivity contribution < 1.29 is 14.4 Å². The van der Waals surface area contributed by atoms with E-state index >= 15 is 0 Å². The highest BCUT2D eigenvalue weighted by molar-refractivity contribution is 7.98. The SMILES string of the molecule is CCN(C(C)(C)c1ccc(SC)c(C)c1)P(=O)(O)O. The summed E-state index contributed by atoms with van der Waals surface area (Å²) in [6.45, 7) is 7.73. The van der Waals surface area contributed by atoms with Crippen LogP contribution in [0.15, 0.2) is 23.1 Å². The zero-order valence-electron chi connectivity index (χ0n) is 12.0. The Bertz CT molecular complexity index is 499. The fourth-order valence-corrected chi connectivity index (χ4v) is 4.03. The van der Waals surface area contributed by atoms with Gasteiger partial charge >= 0.3 is 7.75 Å². The highest BCUT2D eigenvalue weighted by atomic mass is 32.2. The summed E-state index contributed by atoms with van der Waals surface area (Å²) in [7, 11) is -4.27. The third-order valence-electron chi connectivity index (χ3n) is 3.36. The fourth-order valence-electron chi connectivity index (χ4n) is 2.31. The average molecular weight is 303 g/mol. The molecule has 0 aliphatic rings. The van der Waals surface area contributed by atoms with E-state index in [-0.39, 0.29) is 0 Å². The largest absolute Gasteiger partial charge is 0.403 e. The molecule has 0 aliphatic heterocycles. The third kappa shape index (κ3) is 3.61. The minimum Gasteiger partial charge on any atom is -0.312 e. The molecule has 19 heavy (non-hydrogen) atoms. The van der Waals surface area contributed by atoms with Gasteiger partial charge in [0.1, 0.15) is 0 Å². The molecule has 108 valence electrons. The zero-order chi connectivity index (χ0) is 14.8. The molecule has 2 N–H and O–H groups in total. The van der Waals surface area contributed by atoms with Gasteiger partial charge in [-0.15, -0.1) is 11.8 Å². The first-order valence-corrected chi connectivity index (χ1v) is 8.92. The number of hydrogen-bond donors (Lipinski definition) is 2. The number of hydrogen-bond acceptors (Lipinski definition) is 2. The van der Waals surface area contributed by atoms with E-state index in [1.54, 1.807) is 18.7 Å². The first-order valence-electron chi connectivity index (χ1n) is 6.13. The van der Waals surface area contributed by atoms with Gasteiger partial charge in [-0.3, -0.25) is 0 Å². The lowest BCUT2D eigenvalue weighted by Gasteiger charge is -2.38. The van der Waals surface area contributed by atoms with Gasteiger partial charge in [0.05, 0.1) is 5.54 Å². The molecule has 0 bridgehead atoms. The van der Waals surface area contributed by atoms with Crippen LogP contribution in [-0.4, -0.2) is 27.3 Å². The molecule has 0 saturated heterocycles. The molecule has 0 saturated carbocycles. The molecule has 1 aromatic carbocycles. The molecule has 0 aliphatic carbocycles. The molecule has 0 amide bonds. The van der Waals surface area contributed by atoms with Crippen molar-refractivity contribution in [1.29, 1.82) is 0 Å². The molecule has 0 atom stereocenters. The standard InChI is InChI=1S/C13H22NO3PS/c1-6-14(18(15,16)17)13(3,4)11-7-8-12(19-5)10(2)9-11/h7-9H,6H2,1-5H3,(H2,15,16,17). The van der Waals surface area contributed by atoms with E-state index in [0.29, 0.717) is 6.54 Å². The second kappa shape index (κ2) is 5.98. The van der Waals surface area contributed by atoms with Gasteiger partial charge < -0.3 is 9.79 Å². The van der Waals surface area contributed by atoms with Crippen LogP contribution in [-0.2, 0) is 10.1 Å². The maximum atomic E-state index is 11.6. The van der Waals surface area contributed by atoms with Gasteiger partial charge in [0.25, 0.3) is 0 Å². The van der Waals surface area contributed by atoms with Crippen LogP contribution in [0.25, 0.3) is 0 Å². The Balaban J connectivity index is 3.26. The Hall–Kier alpha value is -0.320. The normalized spacial score (nSPS) is 13.1. The molecular weight excluding hydrogens is 281 g/mol. The van der Waals surface area contributed by atoms with Crippen molar-refractivity contribution in [2.75, 3.05) is 12.8 Å². The third-order valence-corrected chi connectivity index (χ3v) is 5.67. The van der Waals surface area contributed by atoms with Crippen molar-refractivity contribution in [3.63, 3.8) is 0 Å². The zero-order valence-corrected chi connectivity index (χ0v) is 13.8. The molecule has 4 nitrogen and oxygen atoms in total. The van der Waals surface area contributed by atoms with Crippen LogP contribution in [0.4, 0.5) is 0 Å². The molecular formula is C13H22NO3PS. The van der Waals surface area contributed by atoms with Gasteiger partial charge in [0.2, 0.25) is 0 Å². The van der Waals surface area contributed by atoms with Gasteiger partial charge in [0.15, 0.2) is 0 Å². The van der Waals surface area contributed by atoms with E-state index in [9.17, 15) is 14.4 Å². The second-order valence-corrected chi connectivity index (χ2v) is 7.33. The van der Waals surface area contributed by atoms with E-state index in [2.05, 4.69) is 0 Å². The smallest absolute Gasteiger partial charge is 0.312 e. The Labute approximate surface area is 119 Å². The van der Waals surface area contributed by atoms with E-state index in [1.807, 2.05) is 45.2 Å². The fraction of sp³-hybridized carbons (Fsp3) is 0.538. The van der Waals surface area contributed by atoms with Crippen LogP contribution in [0.5, 0.6) is 0 Å². The van der Waals surface area contributed by atoms with Gasteiger partial charge in [-0.25, -0.2) is 4.57 Å².